The predicted octanol–water partition coefficient (Wildman–Crippen LogP) is 4.59. The largest absolute Gasteiger partial charge is 0.370 e. The maximum Gasteiger partial charge on any atom is 0.139 e. The van der Waals surface area contributed by atoms with Gasteiger partial charge in [0.15, 0.2) is 0 Å². The van der Waals surface area contributed by atoms with E-state index in [1.807, 2.05) is 13.0 Å². The van der Waals surface area contributed by atoms with Crippen LogP contribution in [0, 0.1) is 13.8 Å². The number of nitrogens with one attached hydrogen (secondary N) is 2. The number of nitrogens with zero attached hydrogens (tertiary/aromatic N) is 2. The van der Waals surface area contributed by atoms with Crippen LogP contribution in [0.25, 0.3) is 0 Å². The second-order valence-electron chi connectivity index (χ2n) is 4.93. The van der Waals surface area contributed by atoms with Crippen LogP contribution in [-0.4, -0.2) is 16.5 Å². The van der Waals surface area contributed by atoms with Gasteiger partial charge in [0.1, 0.15) is 17.5 Å². The Morgan fingerprint density at radius 1 is 1.10 bits per heavy atom. The van der Waals surface area contributed by atoms with Crippen molar-refractivity contribution in [2.24, 2.45) is 0 Å². The molecule has 5 heteroatoms. The molecule has 4 nitrogen and oxygen atoms in total. The number of hydrogen-bond acceptors (Lipinski definition) is 4. The average Bonchev–Trinajstić information content (AvgIpc) is 2.46. The molecule has 0 spiro atoms. The Labute approximate surface area is 134 Å². The number of halogens is 1. The molecule has 0 aliphatic carbocycles. The van der Waals surface area contributed by atoms with E-state index in [-0.39, 0.29) is 0 Å². The third-order valence-corrected chi connectivity index (χ3v) is 3.79. The molecule has 0 saturated carbocycles. The SMILES string of the molecule is CCNc1nc(CC)nc(Nc2ccc(Br)cc2C)c1C. The minimum atomic E-state index is 0.812. The Morgan fingerprint density at radius 2 is 1.81 bits per heavy atom. The van der Waals surface area contributed by atoms with Gasteiger partial charge in [-0.1, -0.05) is 22.9 Å². The zero-order chi connectivity index (χ0) is 15.4. The molecule has 1 aromatic carbocycles. The standard InChI is InChI=1S/C16H21BrN4/c1-5-14-20-15(18-6-2)11(4)16(21-14)19-13-8-7-12(17)9-10(13)3/h7-9H,5-6H2,1-4H3,(H2,18,19,20,21). The summed E-state index contributed by atoms with van der Waals surface area (Å²) >= 11 is 3.49. The van der Waals surface area contributed by atoms with E-state index in [9.17, 15) is 0 Å². The van der Waals surface area contributed by atoms with Crippen LogP contribution >= 0.6 is 15.9 Å². The van der Waals surface area contributed by atoms with Gasteiger partial charge in [0, 0.05) is 28.7 Å². The molecule has 2 rings (SSSR count). The van der Waals surface area contributed by atoms with Crippen molar-refractivity contribution in [2.75, 3.05) is 17.2 Å². The molecule has 0 atom stereocenters. The van der Waals surface area contributed by atoms with Crippen molar-refractivity contribution >= 4 is 33.3 Å². The molecule has 0 radical (unpaired) electrons. The monoisotopic (exact) mass is 348 g/mol. The zero-order valence-corrected chi connectivity index (χ0v) is 14.5. The van der Waals surface area contributed by atoms with E-state index in [4.69, 9.17) is 0 Å². The number of anilines is 3. The lowest BCUT2D eigenvalue weighted by molar-refractivity contribution is 0.929. The number of rotatable bonds is 5. The summed E-state index contributed by atoms with van der Waals surface area (Å²) in [7, 11) is 0. The molecule has 0 aliphatic heterocycles. The summed E-state index contributed by atoms with van der Waals surface area (Å²) in [5.74, 6) is 2.61. The lowest BCUT2D eigenvalue weighted by Gasteiger charge is -2.15. The van der Waals surface area contributed by atoms with Crippen LogP contribution in [-0.2, 0) is 6.42 Å². The van der Waals surface area contributed by atoms with Crippen LogP contribution in [0.5, 0.6) is 0 Å². The molecular weight excluding hydrogens is 328 g/mol. The third-order valence-electron chi connectivity index (χ3n) is 3.29. The van der Waals surface area contributed by atoms with Gasteiger partial charge in [-0.25, -0.2) is 9.97 Å². The Balaban J connectivity index is 2.40. The van der Waals surface area contributed by atoms with E-state index in [2.05, 4.69) is 69.4 Å². The molecule has 2 aromatic rings. The number of aromatic nitrogens is 2. The first kappa shape index (κ1) is 15.8. The first-order chi connectivity index (χ1) is 10.0. The van der Waals surface area contributed by atoms with E-state index in [1.54, 1.807) is 0 Å². The van der Waals surface area contributed by atoms with Crippen molar-refractivity contribution in [1.29, 1.82) is 0 Å². The fourth-order valence-electron chi connectivity index (χ4n) is 2.08. The van der Waals surface area contributed by atoms with Gasteiger partial charge in [0.05, 0.1) is 0 Å². The smallest absolute Gasteiger partial charge is 0.139 e. The fourth-order valence-corrected chi connectivity index (χ4v) is 2.55. The van der Waals surface area contributed by atoms with Crippen molar-refractivity contribution in [2.45, 2.75) is 34.1 Å². The molecular formula is C16H21BrN4. The van der Waals surface area contributed by atoms with Crippen molar-refractivity contribution in [1.82, 2.24) is 9.97 Å². The third kappa shape index (κ3) is 3.73. The Kier molecular flexibility index (Phi) is 5.17. The van der Waals surface area contributed by atoms with Crippen LogP contribution in [0.3, 0.4) is 0 Å². The summed E-state index contributed by atoms with van der Waals surface area (Å²) in [6.45, 7) is 9.09. The highest BCUT2D eigenvalue weighted by Gasteiger charge is 2.11. The Bertz CT molecular complexity index is 640. The molecule has 0 fully saturated rings. The van der Waals surface area contributed by atoms with Gasteiger partial charge >= 0.3 is 0 Å². The topological polar surface area (TPSA) is 49.8 Å². The molecule has 2 N–H and O–H groups in total. The normalized spacial score (nSPS) is 10.5. The number of benzene rings is 1. The summed E-state index contributed by atoms with van der Waals surface area (Å²) in [5.41, 5.74) is 3.27. The summed E-state index contributed by atoms with van der Waals surface area (Å²) in [6.07, 6.45) is 0.812. The molecule has 0 aliphatic rings. The maximum absolute atomic E-state index is 4.62. The van der Waals surface area contributed by atoms with Crippen LogP contribution in [0.15, 0.2) is 22.7 Å². The van der Waals surface area contributed by atoms with E-state index in [0.29, 0.717) is 0 Å². The summed E-state index contributed by atoms with van der Waals surface area (Å²) in [4.78, 5) is 9.17. The lowest BCUT2D eigenvalue weighted by Crippen LogP contribution is -2.09. The average molecular weight is 349 g/mol. The van der Waals surface area contributed by atoms with E-state index in [1.165, 1.54) is 5.56 Å². The van der Waals surface area contributed by atoms with Crippen molar-refractivity contribution in [3.8, 4) is 0 Å². The molecule has 112 valence electrons. The van der Waals surface area contributed by atoms with E-state index >= 15 is 0 Å². The van der Waals surface area contributed by atoms with Crippen LogP contribution in [0.2, 0.25) is 0 Å². The minimum absolute atomic E-state index is 0.812. The van der Waals surface area contributed by atoms with Gasteiger partial charge in [-0.2, -0.15) is 0 Å². The quantitative estimate of drug-likeness (QED) is 0.829. The molecule has 0 unspecified atom stereocenters. The second kappa shape index (κ2) is 6.89. The Morgan fingerprint density at radius 3 is 2.43 bits per heavy atom. The summed E-state index contributed by atoms with van der Waals surface area (Å²) in [6, 6.07) is 6.17. The molecule has 0 saturated heterocycles. The highest BCUT2D eigenvalue weighted by Crippen LogP contribution is 2.27. The maximum atomic E-state index is 4.62. The molecule has 1 heterocycles. The van der Waals surface area contributed by atoms with Gasteiger partial charge in [-0.05, 0) is 44.5 Å². The molecule has 1 aromatic heterocycles. The van der Waals surface area contributed by atoms with E-state index < -0.39 is 0 Å². The number of aryl methyl sites for hydroxylation is 2. The van der Waals surface area contributed by atoms with Crippen molar-refractivity contribution < 1.29 is 0 Å². The molecule has 0 bridgehead atoms. The zero-order valence-electron chi connectivity index (χ0n) is 12.9. The van der Waals surface area contributed by atoms with Gasteiger partial charge in [0.2, 0.25) is 0 Å². The van der Waals surface area contributed by atoms with Crippen LogP contribution < -0.4 is 10.6 Å². The number of hydrogen-bond donors (Lipinski definition) is 2. The van der Waals surface area contributed by atoms with Crippen LogP contribution in [0.4, 0.5) is 17.3 Å². The van der Waals surface area contributed by atoms with Crippen molar-refractivity contribution in [3.05, 3.63) is 39.6 Å². The lowest BCUT2D eigenvalue weighted by atomic mass is 10.2. The predicted molar refractivity (Wildman–Crippen MR) is 92.5 cm³/mol. The fraction of sp³-hybridized carbons (Fsp3) is 0.375. The van der Waals surface area contributed by atoms with Crippen molar-refractivity contribution in [3.63, 3.8) is 0 Å². The van der Waals surface area contributed by atoms with Gasteiger partial charge < -0.3 is 10.6 Å². The second-order valence-corrected chi connectivity index (χ2v) is 5.85. The van der Waals surface area contributed by atoms with Gasteiger partial charge in [-0.15, -0.1) is 0 Å². The first-order valence-electron chi connectivity index (χ1n) is 7.19. The summed E-state index contributed by atoms with van der Waals surface area (Å²) in [5, 5.41) is 6.73. The molecule has 0 amide bonds. The highest BCUT2D eigenvalue weighted by atomic mass is 79.9. The highest BCUT2D eigenvalue weighted by molar-refractivity contribution is 9.10. The summed E-state index contributed by atoms with van der Waals surface area (Å²) < 4.78 is 1.08. The minimum Gasteiger partial charge on any atom is -0.370 e. The van der Waals surface area contributed by atoms with E-state index in [0.717, 1.165) is 46.1 Å². The Hall–Kier alpha value is -1.62. The van der Waals surface area contributed by atoms with Gasteiger partial charge in [-0.3, -0.25) is 0 Å². The molecule has 21 heavy (non-hydrogen) atoms. The first-order valence-corrected chi connectivity index (χ1v) is 7.99. The van der Waals surface area contributed by atoms with Crippen LogP contribution in [0.1, 0.15) is 30.8 Å². The van der Waals surface area contributed by atoms with Gasteiger partial charge in [0.25, 0.3) is 0 Å².